The van der Waals surface area contributed by atoms with E-state index in [0.29, 0.717) is 0 Å². The number of benzene rings is 2. The molecule has 0 saturated carbocycles. The molecule has 2 rings (SSSR count). The molecule has 0 N–H and O–H groups in total. The average Bonchev–Trinajstić information content (AvgIpc) is 2.33. The van der Waals surface area contributed by atoms with Crippen LogP contribution in [0.15, 0.2) is 36.4 Å². The van der Waals surface area contributed by atoms with Gasteiger partial charge in [0, 0.05) is 9.99 Å². The quantitative estimate of drug-likeness (QED) is 0.447. The summed E-state index contributed by atoms with van der Waals surface area (Å²) in [5.41, 5.74) is 1.41. The van der Waals surface area contributed by atoms with Gasteiger partial charge < -0.3 is 0 Å². The molecule has 0 spiro atoms. The molecule has 0 atom stereocenters. The summed E-state index contributed by atoms with van der Waals surface area (Å²) in [6, 6.07) is 12.9. The number of unbranched alkanes of at least 4 members (excludes halogenated alkanes) is 1. The lowest BCUT2D eigenvalue weighted by Crippen LogP contribution is -1.90. The lowest BCUT2D eigenvalue weighted by atomic mass is 10.0. The normalized spacial score (nSPS) is 10.2. The van der Waals surface area contributed by atoms with Crippen molar-refractivity contribution in [3.63, 3.8) is 0 Å². The maximum atomic E-state index is 5.27. The summed E-state index contributed by atoms with van der Waals surface area (Å²) in [4.78, 5) is 0. The molecule has 0 radical (unpaired) electrons. The van der Waals surface area contributed by atoms with Crippen molar-refractivity contribution in [3.05, 3.63) is 45.5 Å². The minimum absolute atomic E-state index is 0.864. The first-order valence-electron chi connectivity index (χ1n) is 5.42. The topological polar surface area (TPSA) is 0 Å². The number of rotatable bonds is 3. The maximum Gasteiger partial charge on any atom is 0.0240 e. The standard InChI is InChI=1S/C15H13I/c1-2-3-4-8-13-11-10-12-7-5-6-9-14(12)15(13)16/h1,5-7,9-11H,3-4,8H2. The first-order chi connectivity index (χ1) is 7.83. The second-order valence-corrected chi connectivity index (χ2v) is 4.90. The van der Waals surface area contributed by atoms with Gasteiger partial charge in [-0.2, -0.15) is 0 Å². The molecule has 2 aromatic carbocycles. The fourth-order valence-electron chi connectivity index (χ4n) is 1.85. The number of hydrogen-bond acceptors (Lipinski definition) is 0. The van der Waals surface area contributed by atoms with Crippen molar-refractivity contribution in [1.29, 1.82) is 0 Å². The van der Waals surface area contributed by atoms with Gasteiger partial charge in [-0.3, -0.25) is 0 Å². The second kappa shape index (κ2) is 5.36. The Labute approximate surface area is 110 Å². The van der Waals surface area contributed by atoms with Crippen LogP contribution in [0.1, 0.15) is 18.4 Å². The van der Waals surface area contributed by atoms with Crippen molar-refractivity contribution in [2.24, 2.45) is 0 Å². The van der Waals surface area contributed by atoms with Crippen LogP contribution in [-0.4, -0.2) is 0 Å². The fraction of sp³-hybridized carbons (Fsp3) is 0.200. The summed E-state index contributed by atoms with van der Waals surface area (Å²) >= 11 is 2.44. The number of hydrogen-bond donors (Lipinski definition) is 0. The molecule has 0 nitrogen and oxygen atoms in total. The van der Waals surface area contributed by atoms with E-state index in [-0.39, 0.29) is 0 Å². The zero-order valence-corrected chi connectivity index (χ0v) is 11.2. The van der Waals surface area contributed by atoms with E-state index in [1.54, 1.807) is 0 Å². The molecule has 0 heterocycles. The van der Waals surface area contributed by atoms with Gasteiger partial charge in [0.25, 0.3) is 0 Å². The van der Waals surface area contributed by atoms with Crippen LogP contribution >= 0.6 is 22.6 Å². The molecule has 0 saturated heterocycles. The maximum absolute atomic E-state index is 5.27. The molecule has 80 valence electrons. The molecular formula is C15H13I. The molecule has 1 heteroatoms. The Kier molecular flexibility index (Phi) is 3.84. The Bertz CT molecular complexity index is 535. The highest BCUT2D eigenvalue weighted by atomic mass is 127. The van der Waals surface area contributed by atoms with Gasteiger partial charge in [0.05, 0.1) is 0 Å². The van der Waals surface area contributed by atoms with E-state index < -0.39 is 0 Å². The molecule has 0 aliphatic carbocycles. The van der Waals surface area contributed by atoms with Gasteiger partial charge in [-0.05, 0) is 51.8 Å². The number of fused-ring (bicyclic) bond motifs is 1. The van der Waals surface area contributed by atoms with E-state index >= 15 is 0 Å². The Balaban J connectivity index is 2.34. The van der Waals surface area contributed by atoms with E-state index in [1.165, 1.54) is 19.9 Å². The van der Waals surface area contributed by atoms with Gasteiger partial charge in [0.1, 0.15) is 0 Å². The van der Waals surface area contributed by atoms with Crippen molar-refractivity contribution in [2.45, 2.75) is 19.3 Å². The van der Waals surface area contributed by atoms with E-state index in [4.69, 9.17) is 6.42 Å². The van der Waals surface area contributed by atoms with Crippen LogP contribution in [0.4, 0.5) is 0 Å². The van der Waals surface area contributed by atoms with Gasteiger partial charge in [-0.15, -0.1) is 12.3 Å². The molecular weight excluding hydrogens is 307 g/mol. The van der Waals surface area contributed by atoms with Crippen molar-refractivity contribution < 1.29 is 0 Å². The summed E-state index contributed by atoms with van der Waals surface area (Å²) in [7, 11) is 0. The van der Waals surface area contributed by atoms with E-state index in [2.05, 4.69) is 64.9 Å². The number of terminal acetylenes is 1. The molecule has 16 heavy (non-hydrogen) atoms. The zero-order valence-electron chi connectivity index (χ0n) is 9.04. The summed E-state index contributed by atoms with van der Waals surface area (Å²) in [5, 5.41) is 2.66. The molecule has 2 aromatic rings. The monoisotopic (exact) mass is 320 g/mol. The third kappa shape index (κ3) is 2.38. The summed E-state index contributed by atoms with van der Waals surface area (Å²) in [5.74, 6) is 2.69. The van der Waals surface area contributed by atoms with E-state index in [1.807, 2.05) is 0 Å². The third-order valence-electron chi connectivity index (χ3n) is 2.71. The lowest BCUT2D eigenvalue weighted by molar-refractivity contribution is 0.856. The first-order valence-corrected chi connectivity index (χ1v) is 6.50. The van der Waals surface area contributed by atoms with Crippen LogP contribution in [-0.2, 0) is 6.42 Å². The van der Waals surface area contributed by atoms with Crippen molar-refractivity contribution in [1.82, 2.24) is 0 Å². The van der Waals surface area contributed by atoms with Gasteiger partial charge in [-0.25, -0.2) is 0 Å². The third-order valence-corrected chi connectivity index (χ3v) is 3.98. The van der Waals surface area contributed by atoms with Crippen LogP contribution in [0.25, 0.3) is 10.8 Å². The highest BCUT2D eigenvalue weighted by molar-refractivity contribution is 14.1. The molecule has 0 aromatic heterocycles. The fourth-order valence-corrected chi connectivity index (χ4v) is 2.79. The predicted molar refractivity (Wildman–Crippen MR) is 78.4 cm³/mol. The Morgan fingerprint density at radius 3 is 2.75 bits per heavy atom. The molecule has 0 aliphatic heterocycles. The number of halogens is 1. The van der Waals surface area contributed by atoms with Crippen LogP contribution < -0.4 is 0 Å². The second-order valence-electron chi connectivity index (χ2n) is 3.82. The summed E-state index contributed by atoms with van der Waals surface area (Å²) < 4.78 is 1.37. The van der Waals surface area contributed by atoms with Crippen molar-refractivity contribution in [2.75, 3.05) is 0 Å². The molecule has 0 bridgehead atoms. The minimum atomic E-state index is 0.864. The van der Waals surface area contributed by atoms with Gasteiger partial charge in [0.2, 0.25) is 0 Å². The van der Waals surface area contributed by atoms with Crippen molar-refractivity contribution >= 4 is 33.4 Å². The number of aryl methyl sites for hydroxylation is 1. The Morgan fingerprint density at radius 1 is 1.12 bits per heavy atom. The van der Waals surface area contributed by atoms with Gasteiger partial charge in [0.15, 0.2) is 0 Å². The SMILES string of the molecule is C#CCCCc1ccc2ccccc2c1I. The smallest absolute Gasteiger partial charge is 0.0240 e. The predicted octanol–water partition coefficient (Wildman–Crippen LogP) is 4.40. The average molecular weight is 320 g/mol. The minimum Gasteiger partial charge on any atom is -0.120 e. The molecule has 0 fully saturated rings. The van der Waals surface area contributed by atoms with E-state index in [0.717, 1.165) is 19.3 Å². The highest BCUT2D eigenvalue weighted by Crippen LogP contribution is 2.25. The van der Waals surface area contributed by atoms with Crippen LogP contribution in [0, 0.1) is 15.9 Å². The van der Waals surface area contributed by atoms with Crippen LogP contribution in [0.2, 0.25) is 0 Å². The molecule has 0 amide bonds. The molecule has 0 unspecified atom stereocenters. The van der Waals surface area contributed by atoms with Crippen LogP contribution in [0.3, 0.4) is 0 Å². The van der Waals surface area contributed by atoms with Crippen molar-refractivity contribution in [3.8, 4) is 12.3 Å². The largest absolute Gasteiger partial charge is 0.120 e. The van der Waals surface area contributed by atoms with Gasteiger partial charge in [-0.1, -0.05) is 36.4 Å². The highest BCUT2D eigenvalue weighted by Gasteiger charge is 2.03. The summed E-state index contributed by atoms with van der Waals surface area (Å²) in [6.07, 6.45) is 8.28. The van der Waals surface area contributed by atoms with Crippen LogP contribution in [0.5, 0.6) is 0 Å². The zero-order chi connectivity index (χ0) is 11.4. The van der Waals surface area contributed by atoms with E-state index in [9.17, 15) is 0 Å². The van der Waals surface area contributed by atoms with Gasteiger partial charge >= 0.3 is 0 Å². The lowest BCUT2D eigenvalue weighted by Gasteiger charge is -2.07. The molecule has 0 aliphatic rings. The Hall–Kier alpha value is -1.01. The first kappa shape index (κ1) is 11.5. The summed E-state index contributed by atoms with van der Waals surface area (Å²) in [6.45, 7) is 0. The Morgan fingerprint density at radius 2 is 1.94 bits per heavy atom.